The second-order valence-electron chi connectivity index (χ2n) is 16.8. The summed E-state index contributed by atoms with van der Waals surface area (Å²) in [4.78, 5) is 25.8. The maximum atomic E-state index is 14.0. The third kappa shape index (κ3) is 11.1. The Balaban J connectivity index is 3.12. The van der Waals surface area contributed by atoms with E-state index in [0.717, 1.165) is 17.4 Å². The van der Waals surface area contributed by atoms with E-state index in [9.17, 15) is 9.59 Å². The smallest absolute Gasteiger partial charge is 0.318 e. The molecule has 0 aliphatic heterocycles. The minimum atomic E-state index is -0.762. The molecule has 1 rings (SSSR count). The summed E-state index contributed by atoms with van der Waals surface area (Å²) in [5, 5.41) is 2.91. The number of benzene rings is 1. The fourth-order valence-electron chi connectivity index (χ4n) is 6.25. The lowest BCUT2D eigenvalue weighted by Gasteiger charge is -2.58. The van der Waals surface area contributed by atoms with Crippen LogP contribution in [-0.4, -0.2) is 51.4 Å². The Hall–Kier alpha value is -1.93. The average Bonchev–Trinajstić information content (AvgIpc) is 2.91. The van der Waals surface area contributed by atoms with Crippen molar-refractivity contribution >= 4 is 37.9 Å². The van der Waals surface area contributed by atoms with Gasteiger partial charge in [0.05, 0.1) is 23.0 Å². The number of rotatable bonds is 18. The molecule has 0 saturated heterocycles. The number of thiol groups is 1. The molecule has 0 heterocycles. The predicted molar refractivity (Wildman–Crippen MR) is 196 cm³/mol. The summed E-state index contributed by atoms with van der Waals surface area (Å²) < 4.78 is 17.5. The van der Waals surface area contributed by atoms with Crippen LogP contribution in [-0.2, 0) is 30.3 Å². The van der Waals surface area contributed by atoms with Gasteiger partial charge >= 0.3 is 11.9 Å². The van der Waals surface area contributed by atoms with Crippen molar-refractivity contribution in [3.8, 4) is 0 Å². The van der Waals surface area contributed by atoms with Crippen molar-refractivity contribution in [2.75, 3.05) is 26.4 Å². The van der Waals surface area contributed by atoms with E-state index in [-0.39, 0.29) is 46.8 Å². The minimum absolute atomic E-state index is 0.0329. The van der Waals surface area contributed by atoms with E-state index >= 15 is 0 Å². The second-order valence-corrected chi connectivity index (χ2v) is 17.6. The van der Waals surface area contributed by atoms with Gasteiger partial charge < -0.3 is 19.5 Å². The zero-order valence-corrected chi connectivity index (χ0v) is 32.2. The quantitative estimate of drug-likeness (QED) is 0.0551. The van der Waals surface area contributed by atoms with Crippen LogP contribution in [0.5, 0.6) is 0 Å². The highest BCUT2D eigenvalue weighted by molar-refractivity contribution is 7.81. The molecule has 0 aliphatic carbocycles. The van der Waals surface area contributed by atoms with Crippen molar-refractivity contribution in [1.29, 1.82) is 0 Å². The van der Waals surface area contributed by atoms with Gasteiger partial charge in [0.2, 0.25) is 0 Å². The lowest BCUT2D eigenvalue weighted by Crippen LogP contribution is -2.53. The van der Waals surface area contributed by atoms with Crippen molar-refractivity contribution in [1.82, 2.24) is 5.32 Å². The number of esters is 2. The fourth-order valence-corrected chi connectivity index (χ4v) is 6.33. The van der Waals surface area contributed by atoms with Crippen LogP contribution in [0.2, 0.25) is 0 Å². The molecule has 260 valence electrons. The molecule has 3 unspecified atom stereocenters. The van der Waals surface area contributed by atoms with E-state index in [0.29, 0.717) is 38.3 Å². The normalized spacial score (nSPS) is 16.1. The molecule has 8 heteroatoms. The van der Waals surface area contributed by atoms with Gasteiger partial charge in [0.15, 0.2) is 0 Å². The predicted octanol–water partition coefficient (Wildman–Crippen LogP) is 7.83. The van der Waals surface area contributed by atoms with Crippen LogP contribution in [0.25, 0.3) is 0 Å². The first kappa shape index (κ1) is 42.1. The molecule has 3 atom stereocenters. The Bertz CT molecular complexity index is 1170. The zero-order valence-electron chi connectivity index (χ0n) is 31.3. The Morgan fingerprint density at radius 2 is 1.41 bits per heavy atom. The van der Waals surface area contributed by atoms with E-state index in [1.54, 1.807) is 6.92 Å². The van der Waals surface area contributed by atoms with Gasteiger partial charge in [-0.1, -0.05) is 112 Å². The van der Waals surface area contributed by atoms with Crippen molar-refractivity contribution in [3.05, 3.63) is 42.2 Å². The Labute approximate surface area is 288 Å². The number of allylic oxidation sites excluding steroid dienone is 1. The molecule has 1 aromatic carbocycles. The lowest BCUT2D eigenvalue weighted by atomic mass is 9.46. The van der Waals surface area contributed by atoms with Gasteiger partial charge in [0.25, 0.3) is 0 Å². The first-order chi connectivity index (χ1) is 20.8. The number of nitrogens with one attached hydrogen (secondary N) is 1. The molecule has 1 aromatic rings. The van der Waals surface area contributed by atoms with Gasteiger partial charge in [-0.15, -0.1) is 0 Å². The summed E-state index contributed by atoms with van der Waals surface area (Å²) in [6.07, 6.45) is 2.11. The number of carbonyl (C=O) groups is 2. The maximum Gasteiger partial charge on any atom is 0.318 e. The van der Waals surface area contributed by atoms with E-state index in [1.807, 2.05) is 31.2 Å². The third-order valence-corrected chi connectivity index (χ3v) is 10.7. The van der Waals surface area contributed by atoms with Gasteiger partial charge in [-0.25, -0.2) is 0 Å². The lowest BCUT2D eigenvalue weighted by molar-refractivity contribution is -0.170. The highest BCUT2D eigenvalue weighted by Gasteiger charge is 2.58. The standard InChI is InChI=1S/C38H64BNO5S/c1-27(46)31(41)44-23-22-43-28(2)37(13,25-33(3,4)5)36(11,12)35(9,10)26-38(14,34(6,7)8)32(42)45-21-17-20-40-24-29-18-15-16-19-30(29)39/h15-16,18-19,27,40,46H,2,17,20-26H2,1,3-14H3. The molecular formula is C38H64BNO5S. The molecule has 0 fully saturated rings. The Morgan fingerprint density at radius 1 is 0.848 bits per heavy atom. The summed E-state index contributed by atoms with van der Waals surface area (Å²) in [6, 6.07) is 7.81. The van der Waals surface area contributed by atoms with Crippen LogP contribution in [0, 0.1) is 32.5 Å². The van der Waals surface area contributed by atoms with Gasteiger partial charge in [0.1, 0.15) is 21.1 Å². The molecule has 0 spiro atoms. The maximum absolute atomic E-state index is 14.0. The number of ether oxygens (including phenoxy) is 3. The minimum Gasteiger partial charge on any atom is -0.494 e. The topological polar surface area (TPSA) is 73.9 Å². The van der Waals surface area contributed by atoms with Crippen LogP contribution in [0.15, 0.2) is 36.6 Å². The van der Waals surface area contributed by atoms with Crippen LogP contribution < -0.4 is 10.8 Å². The van der Waals surface area contributed by atoms with E-state index < -0.39 is 16.1 Å². The Morgan fingerprint density at radius 3 is 1.93 bits per heavy atom. The third-order valence-electron chi connectivity index (χ3n) is 10.5. The van der Waals surface area contributed by atoms with Gasteiger partial charge in [-0.3, -0.25) is 9.59 Å². The number of carbonyl (C=O) groups excluding carboxylic acids is 2. The van der Waals surface area contributed by atoms with Crippen LogP contribution in [0.3, 0.4) is 0 Å². The molecular weight excluding hydrogens is 593 g/mol. The molecule has 0 aliphatic rings. The van der Waals surface area contributed by atoms with Gasteiger partial charge in [0, 0.05) is 12.0 Å². The van der Waals surface area contributed by atoms with E-state index in [2.05, 4.69) is 101 Å². The average molecular weight is 658 g/mol. The first-order valence-electron chi connectivity index (χ1n) is 16.7. The van der Waals surface area contributed by atoms with Crippen molar-refractivity contribution in [2.24, 2.45) is 32.5 Å². The molecule has 0 saturated carbocycles. The summed E-state index contributed by atoms with van der Waals surface area (Å²) in [5.74, 6) is 0.0997. The van der Waals surface area contributed by atoms with E-state index in [4.69, 9.17) is 22.1 Å². The molecule has 0 aromatic heterocycles. The largest absolute Gasteiger partial charge is 0.494 e. The van der Waals surface area contributed by atoms with E-state index in [1.165, 1.54) is 0 Å². The summed E-state index contributed by atoms with van der Waals surface area (Å²) in [5.41, 5.74) is -0.540. The molecule has 6 nitrogen and oxygen atoms in total. The highest BCUT2D eigenvalue weighted by atomic mass is 32.1. The molecule has 1 N–H and O–H groups in total. The summed E-state index contributed by atoms with van der Waals surface area (Å²) in [7, 11) is 6.05. The molecule has 0 amide bonds. The SMILES string of the molecule is [B]c1ccccc1CNCCCOC(=O)C(C)(CC(C)(C)C(C)(C)C(C)(CC(C)(C)C)C(=C)OCCOC(=O)C(C)S)C(C)(C)C. The molecule has 0 bridgehead atoms. The van der Waals surface area contributed by atoms with Crippen LogP contribution >= 0.6 is 12.6 Å². The number of hydrogen-bond acceptors (Lipinski definition) is 7. The van der Waals surface area contributed by atoms with Crippen LogP contribution in [0.1, 0.15) is 115 Å². The Kier molecular flexibility index (Phi) is 15.1. The second kappa shape index (κ2) is 16.5. The number of hydrogen-bond donors (Lipinski definition) is 2. The molecule has 46 heavy (non-hydrogen) atoms. The monoisotopic (exact) mass is 657 g/mol. The van der Waals surface area contributed by atoms with Crippen molar-refractivity contribution < 1.29 is 23.8 Å². The summed E-state index contributed by atoms with van der Waals surface area (Å²) in [6.45, 7) is 34.5. The molecule has 2 radical (unpaired) electrons. The highest BCUT2D eigenvalue weighted by Crippen LogP contribution is 2.63. The fraction of sp³-hybridized carbons (Fsp3) is 0.737. The summed E-state index contributed by atoms with van der Waals surface area (Å²) >= 11 is 4.14. The van der Waals surface area contributed by atoms with Crippen molar-refractivity contribution in [3.63, 3.8) is 0 Å². The van der Waals surface area contributed by atoms with Crippen molar-refractivity contribution in [2.45, 2.75) is 121 Å². The van der Waals surface area contributed by atoms with Gasteiger partial charge in [-0.2, -0.15) is 12.6 Å². The van der Waals surface area contributed by atoms with Gasteiger partial charge in [-0.05, 0) is 66.9 Å². The van der Waals surface area contributed by atoms with Crippen LogP contribution in [0.4, 0.5) is 0 Å². The zero-order chi connectivity index (χ0) is 35.8. The first-order valence-corrected chi connectivity index (χ1v) is 17.2.